The van der Waals surface area contributed by atoms with E-state index in [9.17, 15) is 40.3 Å². The van der Waals surface area contributed by atoms with Gasteiger partial charge in [0.1, 0.15) is 40.1 Å². The first kappa shape index (κ1) is 50.8. The van der Waals surface area contributed by atoms with E-state index in [1.165, 1.54) is 54.3 Å². The maximum atomic E-state index is 15.3. The minimum atomic E-state index is -4.73. The van der Waals surface area contributed by atoms with E-state index in [1.54, 1.807) is 50.0 Å². The van der Waals surface area contributed by atoms with Crippen molar-refractivity contribution in [1.82, 2.24) is 43.5 Å². The van der Waals surface area contributed by atoms with Crippen LogP contribution in [0.2, 0.25) is 0 Å². The summed E-state index contributed by atoms with van der Waals surface area (Å²) in [6.07, 6.45) is 2.08. The number of halogens is 9. The summed E-state index contributed by atoms with van der Waals surface area (Å²) < 4.78 is 128. The third kappa shape index (κ3) is 10.3. The number of rotatable bonds is 9. The largest absolute Gasteiger partial charge is 0.417 e. The van der Waals surface area contributed by atoms with Gasteiger partial charge in [0, 0.05) is 35.8 Å². The SMILES string of the molecule is CC.Nc1nc2cc(F)c(C(=O)N(Cc3ccc(C(F)(F)F)cc3F)c3cnn(C4CC4)c3)cc2n2cncc12.Nc1nc2cc(F)c(C(=O)N(Cc3ccc(C(F)(F)F)cn3)c3ccccc3)cc2n2cncc12. The van der Waals surface area contributed by atoms with Crippen molar-refractivity contribution in [3.63, 3.8) is 0 Å². The molecule has 1 fully saturated rings. The van der Waals surface area contributed by atoms with Crippen LogP contribution < -0.4 is 21.3 Å². The second-order valence-electron chi connectivity index (χ2n) is 16.8. The molecule has 2 amide bonds. The Bertz CT molecular complexity index is 3760. The van der Waals surface area contributed by atoms with E-state index in [1.807, 2.05) is 13.8 Å². The second-order valence-corrected chi connectivity index (χ2v) is 16.8. The van der Waals surface area contributed by atoms with Crippen molar-refractivity contribution in [2.75, 3.05) is 21.3 Å². The number of hydrogen-bond donors (Lipinski definition) is 2. The van der Waals surface area contributed by atoms with Crippen molar-refractivity contribution >= 4 is 67.9 Å². The molecule has 75 heavy (non-hydrogen) atoms. The Kier molecular flexibility index (Phi) is 13.6. The number of pyridine rings is 1. The first-order valence-corrected chi connectivity index (χ1v) is 22.8. The number of alkyl halides is 6. The van der Waals surface area contributed by atoms with E-state index >= 15 is 8.78 Å². The number of carbonyl (C=O) groups excluding carboxylic acids is 2. The Labute approximate surface area is 418 Å². The molecule has 15 nitrogen and oxygen atoms in total. The maximum absolute atomic E-state index is 15.3. The summed E-state index contributed by atoms with van der Waals surface area (Å²) in [7, 11) is 0. The molecule has 0 spiro atoms. The average Bonchev–Trinajstić information content (AvgIpc) is 3.70. The molecule has 0 radical (unpaired) electrons. The van der Waals surface area contributed by atoms with E-state index in [2.05, 4.69) is 30.0 Å². The molecule has 24 heteroatoms. The summed E-state index contributed by atoms with van der Waals surface area (Å²) in [6, 6.07) is 17.5. The van der Waals surface area contributed by atoms with Crippen LogP contribution in [-0.2, 0) is 25.4 Å². The third-order valence-electron chi connectivity index (χ3n) is 12.0. The Hall–Kier alpha value is -9.09. The van der Waals surface area contributed by atoms with Crippen molar-refractivity contribution in [2.45, 2.75) is 58.2 Å². The van der Waals surface area contributed by atoms with E-state index in [0.717, 1.165) is 48.1 Å². The predicted octanol–water partition coefficient (Wildman–Crippen LogP) is 11.0. The number of benzene rings is 4. The first-order valence-electron chi connectivity index (χ1n) is 22.8. The predicted molar refractivity (Wildman–Crippen MR) is 260 cm³/mol. The van der Waals surface area contributed by atoms with E-state index < -0.39 is 59.3 Å². The van der Waals surface area contributed by atoms with E-state index in [4.69, 9.17) is 11.5 Å². The molecule has 384 valence electrons. The molecule has 6 heterocycles. The monoisotopic (exact) mass is 1040 g/mol. The molecule has 4 N–H and O–H groups in total. The number of hydrogen-bond acceptors (Lipinski definition) is 10. The van der Waals surface area contributed by atoms with Gasteiger partial charge in [-0.15, -0.1) is 0 Å². The highest BCUT2D eigenvalue weighted by atomic mass is 19.4. The molecule has 1 aliphatic carbocycles. The van der Waals surface area contributed by atoms with Gasteiger partial charge in [0.2, 0.25) is 0 Å². The zero-order valence-electron chi connectivity index (χ0n) is 39.3. The van der Waals surface area contributed by atoms with Crippen molar-refractivity contribution < 1.29 is 49.1 Å². The Morgan fingerprint density at radius 1 is 0.613 bits per heavy atom. The molecule has 0 atom stereocenters. The molecule has 1 aliphatic rings. The highest BCUT2D eigenvalue weighted by molar-refractivity contribution is 6.09. The lowest BCUT2D eigenvalue weighted by Gasteiger charge is -2.23. The van der Waals surface area contributed by atoms with E-state index in [0.29, 0.717) is 40.0 Å². The lowest BCUT2D eigenvalue weighted by atomic mass is 10.1. The van der Waals surface area contributed by atoms with Crippen LogP contribution in [0.1, 0.15) is 75.8 Å². The fraction of sp³-hybridized carbons (Fsp3) is 0.176. The van der Waals surface area contributed by atoms with Gasteiger partial charge in [-0.1, -0.05) is 38.1 Å². The smallest absolute Gasteiger partial charge is 0.382 e. The third-order valence-corrected chi connectivity index (χ3v) is 12.0. The van der Waals surface area contributed by atoms with Crippen LogP contribution in [0.3, 0.4) is 0 Å². The van der Waals surface area contributed by atoms with Crippen LogP contribution in [0.5, 0.6) is 0 Å². The molecule has 0 saturated heterocycles. The molecule has 10 aromatic rings. The van der Waals surface area contributed by atoms with Crippen LogP contribution >= 0.6 is 0 Å². The number of amides is 2. The number of carbonyl (C=O) groups is 2. The summed E-state index contributed by atoms with van der Waals surface area (Å²) in [5.74, 6) is -4.14. The fourth-order valence-electron chi connectivity index (χ4n) is 8.06. The number of fused-ring (bicyclic) bond motifs is 6. The number of anilines is 4. The standard InChI is InChI=1S/C25H18F5N7O.C24H16F4N6O.C2H6/c26-18-5-14(25(28,29)30)2-1-13(18)10-35(16-8-33-37(11-16)15-3-4-15)24(38)17-6-21-20(7-19(17)27)34-23(31)22-9-32-12-36(21)22;25-18-9-19-20(34-13-30-11-21(34)22(29)32-19)8-17(18)23(35)33(16-4-2-1-3-5-16)12-15-7-6-14(10-31-15)24(26,27)28;1-2/h1-2,5-9,11-12,15H,3-4,10H2,(H2,31,34);1-11,13H,12H2,(H2,29,32);1-2H3. The van der Waals surface area contributed by atoms with Crippen molar-refractivity contribution in [1.29, 1.82) is 0 Å². The Balaban J connectivity index is 0.000000179. The molecule has 11 rings (SSSR count). The highest BCUT2D eigenvalue weighted by Gasteiger charge is 2.34. The van der Waals surface area contributed by atoms with Gasteiger partial charge in [-0.25, -0.2) is 33.1 Å². The van der Waals surface area contributed by atoms with Crippen molar-refractivity contribution in [3.8, 4) is 0 Å². The lowest BCUT2D eigenvalue weighted by molar-refractivity contribution is -0.138. The van der Waals surface area contributed by atoms with Gasteiger partial charge in [-0.3, -0.25) is 28.1 Å². The number of nitrogens with zero attached hydrogens (tertiary/aromatic N) is 11. The summed E-state index contributed by atoms with van der Waals surface area (Å²) in [6.45, 7) is 3.36. The van der Waals surface area contributed by atoms with Crippen molar-refractivity contribution in [2.24, 2.45) is 0 Å². The molecule has 0 unspecified atom stereocenters. The lowest BCUT2D eigenvalue weighted by Crippen LogP contribution is -2.31. The zero-order chi connectivity index (χ0) is 53.5. The van der Waals surface area contributed by atoms with Gasteiger partial charge >= 0.3 is 12.4 Å². The number of imidazole rings is 2. The molecule has 6 aromatic heterocycles. The quantitative estimate of drug-likeness (QED) is 0.132. The highest BCUT2D eigenvalue weighted by Crippen LogP contribution is 2.37. The normalized spacial score (nSPS) is 12.6. The van der Waals surface area contributed by atoms with Gasteiger partial charge in [0.15, 0.2) is 0 Å². The van der Waals surface area contributed by atoms with Crippen LogP contribution in [0.15, 0.2) is 129 Å². The number of nitrogen functional groups attached to an aromatic ring is 2. The average molecular weight is 1040 g/mol. The van der Waals surface area contributed by atoms with Gasteiger partial charge in [-0.05, 0) is 61.4 Å². The fourth-order valence-corrected chi connectivity index (χ4v) is 8.06. The topological polar surface area (TPSA) is 184 Å². The number of aromatic nitrogens is 9. The molecular weight excluding hydrogens is 998 g/mol. The maximum Gasteiger partial charge on any atom is 0.417 e. The number of nitrogens with two attached hydrogens (primary N) is 2. The molecule has 4 aromatic carbocycles. The summed E-state index contributed by atoms with van der Waals surface area (Å²) >= 11 is 0. The number of para-hydroxylation sites is 1. The Morgan fingerprint density at radius 2 is 1.15 bits per heavy atom. The van der Waals surface area contributed by atoms with Crippen LogP contribution in [0.25, 0.3) is 33.1 Å². The van der Waals surface area contributed by atoms with E-state index in [-0.39, 0.29) is 63.3 Å². The molecule has 0 aliphatic heterocycles. The summed E-state index contributed by atoms with van der Waals surface area (Å²) in [4.78, 5) is 50.0. The molecule has 1 saturated carbocycles. The zero-order valence-corrected chi connectivity index (χ0v) is 39.3. The molecule has 0 bridgehead atoms. The molecular formula is C51H40F9N13O2. The van der Waals surface area contributed by atoms with Gasteiger partial charge in [-0.2, -0.15) is 31.4 Å². The Morgan fingerprint density at radius 3 is 1.64 bits per heavy atom. The summed E-state index contributed by atoms with van der Waals surface area (Å²) in [5.41, 5.74) is 12.0. The second kappa shape index (κ2) is 20.1. The van der Waals surface area contributed by atoms with Gasteiger partial charge in [0.05, 0.1) is 106 Å². The first-order chi connectivity index (χ1) is 35.8. The minimum Gasteiger partial charge on any atom is -0.382 e. The van der Waals surface area contributed by atoms with Crippen LogP contribution in [0, 0.1) is 17.5 Å². The van der Waals surface area contributed by atoms with Crippen LogP contribution in [0.4, 0.5) is 62.5 Å². The minimum absolute atomic E-state index is 0.125. The summed E-state index contributed by atoms with van der Waals surface area (Å²) in [5, 5.41) is 4.25. The van der Waals surface area contributed by atoms with Gasteiger partial charge < -0.3 is 21.3 Å². The van der Waals surface area contributed by atoms with Gasteiger partial charge in [0.25, 0.3) is 11.8 Å². The van der Waals surface area contributed by atoms with Crippen molar-refractivity contribution in [3.05, 3.63) is 180 Å². The van der Waals surface area contributed by atoms with Crippen LogP contribution in [-0.4, -0.2) is 55.3 Å².